The van der Waals surface area contributed by atoms with Crippen LogP contribution in [-0.2, 0) is 4.74 Å². The molecule has 0 aromatic rings. The smallest absolute Gasteiger partial charge is 0.0700 e. The zero-order valence-electron chi connectivity index (χ0n) is 11.6. The van der Waals surface area contributed by atoms with Gasteiger partial charge < -0.3 is 15.6 Å². The molecule has 0 aromatic carbocycles. The fourth-order valence-electron chi connectivity index (χ4n) is 2.32. The molecule has 0 bridgehead atoms. The number of ether oxygens (including phenoxy) is 1. The van der Waals surface area contributed by atoms with Gasteiger partial charge >= 0.3 is 0 Å². The molecule has 3 N–H and O–H groups in total. The van der Waals surface area contributed by atoms with E-state index in [1.165, 1.54) is 0 Å². The Labute approximate surface area is 105 Å². The Morgan fingerprint density at radius 1 is 1.47 bits per heavy atom. The summed E-state index contributed by atoms with van der Waals surface area (Å²) in [6, 6.07) is 0.0102. The van der Waals surface area contributed by atoms with E-state index in [4.69, 9.17) is 10.5 Å². The van der Waals surface area contributed by atoms with Crippen molar-refractivity contribution in [3.63, 3.8) is 0 Å². The second-order valence-corrected chi connectivity index (χ2v) is 6.04. The number of hydrogen-bond acceptors (Lipinski definition) is 4. The molecule has 1 rings (SSSR count). The van der Waals surface area contributed by atoms with Crippen molar-refractivity contribution in [3.8, 4) is 0 Å². The fourth-order valence-corrected chi connectivity index (χ4v) is 2.32. The minimum atomic E-state index is -0.0249. The summed E-state index contributed by atoms with van der Waals surface area (Å²) in [4.78, 5) is 2.29. The van der Waals surface area contributed by atoms with Crippen LogP contribution in [0.1, 0.15) is 34.1 Å². The van der Waals surface area contributed by atoms with E-state index in [1.54, 1.807) is 0 Å². The standard InChI is InChI=1S/C13H28N2O2/c1-5-10-8-15(6-7-17-10)11(9-16)12(14)13(2,3)4/h10-12,16H,5-9,14H2,1-4H3. The molecule has 0 saturated carbocycles. The summed E-state index contributed by atoms with van der Waals surface area (Å²) < 4.78 is 5.65. The van der Waals surface area contributed by atoms with Gasteiger partial charge in [-0.3, -0.25) is 4.90 Å². The highest BCUT2D eigenvalue weighted by Crippen LogP contribution is 2.24. The summed E-state index contributed by atoms with van der Waals surface area (Å²) in [6.45, 7) is 11.1. The van der Waals surface area contributed by atoms with Gasteiger partial charge in [0.05, 0.1) is 19.3 Å². The maximum atomic E-state index is 9.61. The Hall–Kier alpha value is -0.160. The molecule has 4 nitrogen and oxygen atoms in total. The number of rotatable bonds is 4. The van der Waals surface area contributed by atoms with Crippen molar-refractivity contribution in [1.29, 1.82) is 0 Å². The summed E-state index contributed by atoms with van der Waals surface area (Å²) >= 11 is 0. The maximum absolute atomic E-state index is 9.61. The van der Waals surface area contributed by atoms with Gasteiger partial charge in [0.2, 0.25) is 0 Å². The van der Waals surface area contributed by atoms with Crippen LogP contribution in [0, 0.1) is 5.41 Å². The molecule has 3 atom stereocenters. The van der Waals surface area contributed by atoms with Crippen LogP contribution in [-0.4, -0.2) is 54.5 Å². The third-order valence-corrected chi connectivity index (χ3v) is 3.70. The van der Waals surface area contributed by atoms with Crippen LogP contribution in [0.15, 0.2) is 0 Å². The van der Waals surface area contributed by atoms with Crippen LogP contribution in [0.5, 0.6) is 0 Å². The summed E-state index contributed by atoms with van der Waals surface area (Å²) in [5, 5.41) is 9.61. The van der Waals surface area contributed by atoms with E-state index in [-0.39, 0.29) is 30.2 Å². The largest absolute Gasteiger partial charge is 0.395 e. The van der Waals surface area contributed by atoms with Gasteiger partial charge in [-0.25, -0.2) is 0 Å². The Kier molecular flexibility index (Phi) is 5.38. The molecule has 17 heavy (non-hydrogen) atoms. The van der Waals surface area contributed by atoms with Crippen molar-refractivity contribution in [2.45, 2.75) is 52.3 Å². The van der Waals surface area contributed by atoms with E-state index in [0.29, 0.717) is 0 Å². The zero-order valence-corrected chi connectivity index (χ0v) is 11.6. The monoisotopic (exact) mass is 244 g/mol. The molecule has 1 heterocycles. The van der Waals surface area contributed by atoms with Gasteiger partial charge in [-0.05, 0) is 11.8 Å². The number of aliphatic hydroxyl groups excluding tert-OH is 1. The van der Waals surface area contributed by atoms with Crippen molar-refractivity contribution < 1.29 is 9.84 Å². The predicted molar refractivity (Wildman–Crippen MR) is 69.9 cm³/mol. The maximum Gasteiger partial charge on any atom is 0.0700 e. The molecule has 0 amide bonds. The van der Waals surface area contributed by atoms with Crippen molar-refractivity contribution in [3.05, 3.63) is 0 Å². The molecule has 1 aliphatic heterocycles. The third kappa shape index (κ3) is 3.91. The molecule has 4 heteroatoms. The molecule has 1 fully saturated rings. The lowest BCUT2D eigenvalue weighted by atomic mass is 9.82. The van der Waals surface area contributed by atoms with Gasteiger partial charge in [0.15, 0.2) is 0 Å². The second kappa shape index (κ2) is 6.14. The summed E-state index contributed by atoms with van der Waals surface area (Å²) in [5.41, 5.74) is 6.29. The van der Waals surface area contributed by atoms with Crippen LogP contribution in [0.2, 0.25) is 0 Å². The number of aliphatic hydroxyl groups is 1. The Bertz CT molecular complexity index is 228. The van der Waals surface area contributed by atoms with E-state index in [2.05, 4.69) is 32.6 Å². The number of hydrogen-bond donors (Lipinski definition) is 2. The molecule has 1 saturated heterocycles. The highest BCUT2D eigenvalue weighted by atomic mass is 16.5. The van der Waals surface area contributed by atoms with E-state index in [9.17, 15) is 5.11 Å². The first-order valence-electron chi connectivity index (χ1n) is 6.62. The van der Waals surface area contributed by atoms with Crippen LogP contribution >= 0.6 is 0 Å². The Morgan fingerprint density at radius 3 is 2.59 bits per heavy atom. The minimum Gasteiger partial charge on any atom is -0.395 e. The molecule has 102 valence electrons. The van der Waals surface area contributed by atoms with Crippen LogP contribution in [0.25, 0.3) is 0 Å². The van der Waals surface area contributed by atoms with E-state index in [0.717, 1.165) is 26.1 Å². The average Bonchev–Trinajstić information content (AvgIpc) is 2.29. The van der Waals surface area contributed by atoms with Gasteiger partial charge in [-0.15, -0.1) is 0 Å². The van der Waals surface area contributed by atoms with E-state index < -0.39 is 0 Å². The molecule has 0 aromatic heterocycles. The van der Waals surface area contributed by atoms with Crippen LogP contribution < -0.4 is 5.73 Å². The van der Waals surface area contributed by atoms with Gasteiger partial charge in [-0.2, -0.15) is 0 Å². The Morgan fingerprint density at radius 2 is 2.12 bits per heavy atom. The first-order chi connectivity index (χ1) is 7.90. The lowest BCUT2D eigenvalue weighted by Gasteiger charge is -2.43. The highest BCUT2D eigenvalue weighted by molar-refractivity contribution is 4.91. The lowest BCUT2D eigenvalue weighted by Crippen LogP contribution is -2.59. The summed E-state index contributed by atoms with van der Waals surface area (Å²) in [5.74, 6) is 0. The molecule has 1 aliphatic rings. The third-order valence-electron chi connectivity index (χ3n) is 3.70. The van der Waals surface area contributed by atoms with Gasteiger partial charge in [-0.1, -0.05) is 27.7 Å². The van der Waals surface area contributed by atoms with E-state index in [1.807, 2.05) is 0 Å². The molecule has 3 unspecified atom stereocenters. The first kappa shape index (κ1) is 14.9. The van der Waals surface area contributed by atoms with Crippen molar-refractivity contribution in [2.24, 2.45) is 11.1 Å². The highest BCUT2D eigenvalue weighted by Gasteiger charge is 2.34. The molecular formula is C13H28N2O2. The fraction of sp³-hybridized carbons (Fsp3) is 1.00. The van der Waals surface area contributed by atoms with Crippen LogP contribution in [0.3, 0.4) is 0 Å². The molecule has 0 aliphatic carbocycles. The molecule has 0 spiro atoms. The van der Waals surface area contributed by atoms with Crippen molar-refractivity contribution in [1.82, 2.24) is 4.90 Å². The minimum absolute atomic E-state index is 0.00735. The van der Waals surface area contributed by atoms with Crippen molar-refractivity contribution >= 4 is 0 Å². The summed E-state index contributed by atoms with van der Waals surface area (Å²) in [6.07, 6.45) is 1.30. The predicted octanol–water partition coefficient (Wildman–Crippen LogP) is 0.832. The normalized spacial score (nSPS) is 26.8. The summed E-state index contributed by atoms with van der Waals surface area (Å²) in [7, 11) is 0. The molecule has 0 radical (unpaired) electrons. The van der Waals surface area contributed by atoms with Crippen molar-refractivity contribution in [2.75, 3.05) is 26.3 Å². The molecular weight excluding hydrogens is 216 g/mol. The first-order valence-corrected chi connectivity index (χ1v) is 6.62. The number of morpholine rings is 1. The van der Waals surface area contributed by atoms with Gasteiger partial charge in [0.1, 0.15) is 0 Å². The lowest BCUT2D eigenvalue weighted by molar-refractivity contribution is -0.0617. The van der Waals surface area contributed by atoms with Gasteiger partial charge in [0, 0.05) is 25.2 Å². The van der Waals surface area contributed by atoms with E-state index >= 15 is 0 Å². The Balaban J connectivity index is 2.66. The quantitative estimate of drug-likeness (QED) is 0.769. The second-order valence-electron chi connectivity index (χ2n) is 6.04. The average molecular weight is 244 g/mol. The van der Waals surface area contributed by atoms with Crippen LogP contribution in [0.4, 0.5) is 0 Å². The SMILES string of the molecule is CCC1CN(C(CO)C(N)C(C)(C)C)CCO1. The van der Waals surface area contributed by atoms with Gasteiger partial charge in [0.25, 0.3) is 0 Å². The number of nitrogens with two attached hydrogens (primary N) is 1. The number of nitrogens with zero attached hydrogens (tertiary/aromatic N) is 1. The topological polar surface area (TPSA) is 58.7 Å². The zero-order chi connectivity index (χ0) is 13.1.